The number of carbonyl (C=O) groups excluding carboxylic acids is 1. The van der Waals surface area contributed by atoms with Gasteiger partial charge in [-0.15, -0.1) is 0 Å². The van der Waals surface area contributed by atoms with Crippen LogP contribution in [-0.2, 0) is 10.2 Å². The Morgan fingerprint density at radius 2 is 1.97 bits per heavy atom. The molecule has 11 heteroatoms. The number of likely N-dealkylation sites (tertiary alicyclic amines) is 1. The van der Waals surface area contributed by atoms with Gasteiger partial charge in [0.05, 0.1) is 29.4 Å². The summed E-state index contributed by atoms with van der Waals surface area (Å²) in [7, 11) is -3.67. The van der Waals surface area contributed by atoms with Crippen LogP contribution in [0.5, 0.6) is 11.5 Å². The normalized spacial score (nSPS) is 20.2. The first-order valence-corrected chi connectivity index (χ1v) is 13.4. The minimum Gasteiger partial charge on any atom is -0.455 e. The van der Waals surface area contributed by atoms with Gasteiger partial charge in [-0.1, -0.05) is 0 Å². The Labute approximate surface area is 208 Å². The Morgan fingerprint density at radius 1 is 1.19 bits per heavy atom. The molecular formula is C25H27N5O5S. The number of aryl methyl sites for hydroxylation is 2. The van der Waals surface area contributed by atoms with E-state index in [-0.39, 0.29) is 18.0 Å². The Kier molecular flexibility index (Phi) is 5.15. The smallest absolute Gasteiger partial charge is 0.305 e. The fourth-order valence-corrected chi connectivity index (χ4v) is 6.43. The topological polar surface area (TPSA) is 118 Å². The second kappa shape index (κ2) is 8.05. The molecule has 6 rings (SSSR count). The summed E-state index contributed by atoms with van der Waals surface area (Å²) in [6, 6.07) is 8.61. The number of carbonyl (C=O) groups is 1. The van der Waals surface area contributed by atoms with Crippen molar-refractivity contribution < 1.29 is 23.1 Å². The third kappa shape index (κ3) is 3.66. The molecule has 2 atom stereocenters. The molecule has 4 aromatic rings. The first-order chi connectivity index (χ1) is 17.1. The first kappa shape index (κ1) is 23.0. The van der Waals surface area contributed by atoms with Crippen molar-refractivity contribution in [3.8, 4) is 11.5 Å². The SMILES string of the molecule is Cc1c(C(=O)N2C[C@@H](O)[C@H]2C)cn2nccc(Oc3ccc4c(c3)cc(C)n4S(=O)(=O)NC3CC3)c12. The van der Waals surface area contributed by atoms with Crippen LogP contribution in [-0.4, -0.2) is 62.7 Å². The lowest BCUT2D eigenvalue weighted by Crippen LogP contribution is -2.60. The zero-order chi connectivity index (χ0) is 25.4. The van der Waals surface area contributed by atoms with Crippen molar-refractivity contribution in [1.29, 1.82) is 0 Å². The van der Waals surface area contributed by atoms with Gasteiger partial charge in [-0.05, 0) is 63.4 Å². The lowest BCUT2D eigenvalue weighted by atomic mass is 9.99. The predicted octanol–water partition coefficient (Wildman–Crippen LogP) is 2.75. The van der Waals surface area contributed by atoms with Crippen molar-refractivity contribution in [2.75, 3.05) is 6.54 Å². The molecule has 0 spiro atoms. The van der Waals surface area contributed by atoms with Crippen LogP contribution < -0.4 is 9.46 Å². The fourth-order valence-electron chi connectivity index (χ4n) is 4.82. The van der Waals surface area contributed by atoms with Crippen LogP contribution in [0.3, 0.4) is 0 Å². The van der Waals surface area contributed by atoms with Crippen molar-refractivity contribution in [3.05, 3.63) is 59.5 Å². The number of benzene rings is 1. The Bertz CT molecular complexity index is 1640. The number of β-amino-alcohol motifs (C(OH)–C–C–N with tert-alkyl or cyclic N) is 1. The van der Waals surface area contributed by atoms with Crippen LogP contribution in [0.2, 0.25) is 0 Å². The van der Waals surface area contributed by atoms with Crippen molar-refractivity contribution in [2.24, 2.45) is 0 Å². The van der Waals surface area contributed by atoms with Crippen LogP contribution in [0, 0.1) is 13.8 Å². The largest absolute Gasteiger partial charge is 0.455 e. The summed E-state index contributed by atoms with van der Waals surface area (Å²) in [5.41, 5.74) is 3.09. The molecule has 3 aromatic heterocycles. The van der Waals surface area contributed by atoms with E-state index < -0.39 is 16.3 Å². The summed E-state index contributed by atoms with van der Waals surface area (Å²) < 4.78 is 37.6. The maximum atomic E-state index is 13.1. The highest BCUT2D eigenvalue weighted by Gasteiger charge is 2.38. The molecule has 1 saturated carbocycles. The number of amides is 1. The fraction of sp³-hybridized carbons (Fsp3) is 0.360. The van der Waals surface area contributed by atoms with E-state index in [1.165, 1.54) is 3.97 Å². The number of aliphatic hydroxyl groups excluding tert-OH is 1. The summed E-state index contributed by atoms with van der Waals surface area (Å²) in [5.74, 6) is 0.908. The van der Waals surface area contributed by atoms with Gasteiger partial charge >= 0.3 is 10.2 Å². The van der Waals surface area contributed by atoms with E-state index in [0.717, 1.165) is 23.8 Å². The van der Waals surface area contributed by atoms with Gasteiger partial charge in [0.25, 0.3) is 5.91 Å². The first-order valence-electron chi connectivity index (χ1n) is 11.9. The number of aromatic nitrogens is 3. The third-order valence-electron chi connectivity index (χ3n) is 7.08. The average molecular weight is 510 g/mol. The van der Waals surface area contributed by atoms with Crippen LogP contribution in [0.25, 0.3) is 16.4 Å². The van der Waals surface area contributed by atoms with Crippen molar-refractivity contribution in [1.82, 2.24) is 23.2 Å². The zero-order valence-corrected chi connectivity index (χ0v) is 21.0. The molecule has 2 N–H and O–H groups in total. The van der Waals surface area contributed by atoms with Crippen LogP contribution in [0.15, 0.2) is 42.7 Å². The maximum absolute atomic E-state index is 13.1. The molecular weight excluding hydrogens is 482 g/mol. The molecule has 1 aromatic carbocycles. The Hall–Kier alpha value is -3.41. The predicted molar refractivity (Wildman–Crippen MR) is 134 cm³/mol. The number of rotatable bonds is 6. The van der Waals surface area contributed by atoms with Gasteiger partial charge in [0.1, 0.15) is 11.3 Å². The molecule has 1 aliphatic carbocycles. The summed E-state index contributed by atoms with van der Waals surface area (Å²) in [6.45, 7) is 5.75. The van der Waals surface area contributed by atoms with Crippen molar-refractivity contribution in [3.63, 3.8) is 0 Å². The number of fused-ring (bicyclic) bond motifs is 2. The number of hydrogen-bond donors (Lipinski definition) is 2. The highest BCUT2D eigenvalue weighted by molar-refractivity contribution is 7.88. The molecule has 2 fully saturated rings. The third-order valence-corrected chi connectivity index (χ3v) is 8.67. The molecule has 0 unspecified atom stereocenters. The van der Waals surface area contributed by atoms with E-state index in [0.29, 0.717) is 40.3 Å². The maximum Gasteiger partial charge on any atom is 0.305 e. The number of aliphatic hydroxyl groups is 1. The van der Waals surface area contributed by atoms with Crippen molar-refractivity contribution >= 4 is 32.5 Å². The van der Waals surface area contributed by atoms with Crippen LogP contribution in [0.4, 0.5) is 0 Å². The molecule has 188 valence electrons. The molecule has 1 aliphatic heterocycles. The minimum atomic E-state index is -3.67. The van der Waals surface area contributed by atoms with E-state index in [2.05, 4.69) is 9.82 Å². The highest BCUT2D eigenvalue weighted by atomic mass is 32.2. The molecule has 36 heavy (non-hydrogen) atoms. The number of nitrogens with one attached hydrogen (secondary N) is 1. The lowest BCUT2D eigenvalue weighted by Gasteiger charge is -2.43. The molecule has 4 heterocycles. The molecule has 10 nitrogen and oxygen atoms in total. The van der Waals surface area contributed by atoms with Crippen LogP contribution >= 0.6 is 0 Å². The second-order valence-electron chi connectivity index (χ2n) is 9.69. The van der Waals surface area contributed by atoms with Gasteiger partial charge in [0, 0.05) is 35.9 Å². The number of ether oxygens (including phenoxy) is 1. The highest BCUT2D eigenvalue weighted by Crippen LogP contribution is 2.34. The molecule has 1 saturated heterocycles. The summed E-state index contributed by atoms with van der Waals surface area (Å²) in [5, 5.41) is 14.9. The van der Waals surface area contributed by atoms with Gasteiger partial charge in [-0.3, -0.25) is 4.79 Å². The van der Waals surface area contributed by atoms with Gasteiger partial charge in [-0.25, -0.2) is 8.49 Å². The molecule has 1 amide bonds. The molecule has 0 radical (unpaired) electrons. The van der Waals surface area contributed by atoms with Gasteiger partial charge in [0.15, 0.2) is 5.75 Å². The Morgan fingerprint density at radius 3 is 2.67 bits per heavy atom. The van der Waals surface area contributed by atoms with Gasteiger partial charge < -0.3 is 14.7 Å². The minimum absolute atomic E-state index is 0.0139. The Balaban J connectivity index is 1.34. The molecule has 0 bridgehead atoms. The number of hydrogen-bond acceptors (Lipinski definition) is 6. The number of nitrogens with zero attached hydrogens (tertiary/aromatic N) is 4. The van der Waals surface area contributed by atoms with E-state index >= 15 is 0 Å². The van der Waals surface area contributed by atoms with E-state index in [9.17, 15) is 18.3 Å². The van der Waals surface area contributed by atoms with E-state index in [1.807, 2.05) is 19.9 Å². The summed E-state index contributed by atoms with van der Waals surface area (Å²) in [4.78, 5) is 14.7. The summed E-state index contributed by atoms with van der Waals surface area (Å²) >= 11 is 0. The standard InChI is InChI=1S/C25H27N5O5S/c1-14-10-17-11-19(6-7-21(17)30(14)36(33,34)27-18-4-5-18)35-23-8-9-26-29-12-20(15(2)24(23)29)25(32)28-13-22(31)16(28)3/h6-12,16,18,22,27,31H,4-5,13H2,1-3H3/t16-,22-/m1/s1. The summed E-state index contributed by atoms with van der Waals surface area (Å²) in [6.07, 6.45) is 4.50. The zero-order valence-electron chi connectivity index (χ0n) is 20.2. The second-order valence-corrected chi connectivity index (χ2v) is 11.2. The monoisotopic (exact) mass is 509 g/mol. The van der Waals surface area contributed by atoms with Gasteiger partial charge in [-0.2, -0.15) is 18.2 Å². The quantitative estimate of drug-likeness (QED) is 0.413. The van der Waals surface area contributed by atoms with E-state index in [4.69, 9.17) is 4.74 Å². The van der Waals surface area contributed by atoms with E-state index in [1.54, 1.807) is 53.0 Å². The van der Waals surface area contributed by atoms with Crippen molar-refractivity contribution in [2.45, 2.75) is 51.8 Å². The molecule has 2 aliphatic rings. The lowest BCUT2D eigenvalue weighted by molar-refractivity contribution is -0.0357. The van der Waals surface area contributed by atoms with Gasteiger partial charge in [0.2, 0.25) is 0 Å². The van der Waals surface area contributed by atoms with Crippen LogP contribution in [0.1, 0.15) is 41.4 Å². The average Bonchev–Trinajstić information content (AvgIpc) is 3.47.